The largest absolute Gasteiger partial charge is 0.309 e. The molecule has 0 radical (unpaired) electrons. The first-order valence-corrected chi connectivity index (χ1v) is 5.90. The third-order valence-corrected chi connectivity index (χ3v) is 2.59. The fourth-order valence-electron chi connectivity index (χ4n) is 1.74. The van der Waals surface area contributed by atoms with Gasteiger partial charge >= 0.3 is 0 Å². The molecule has 1 N–H and O–H groups in total. The molecule has 0 fully saturated rings. The lowest BCUT2D eigenvalue weighted by atomic mass is 10.1. The number of nitrogens with one attached hydrogen (secondary N) is 1. The minimum atomic E-state index is 0.369. The predicted octanol–water partition coefficient (Wildman–Crippen LogP) is 2.26. The molecule has 0 saturated carbocycles. The molecule has 0 amide bonds. The Morgan fingerprint density at radius 2 is 2.38 bits per heavy atom. The van der Waals surface area contributed by atoms with Crippen LogP contribution in [0.3, 0.4) is 0 Å². The van der Waals surface area contributed by atoms with E-state index < -0.39 is 0 Å². The Morgan fingerprint density at radius 1 is 1.56 bits per heavy atom. The lowest BCUT2D eigenvalue weighted by Crippen LogP contribution is -2.24. The van der Waals surface area contributed by atoms with Gasteiger partial charge in [-0.2, -0.15) is 5.10 Å². The Morgan fingerprint density at radius 3 is 2.94 bits per heavy atom. The van der Waals surface area contributed by atoms with E-state index in [9.17, 15) is 0 Å². The van der Waals surface area contributed by atoms with Crippen molar-refractivity contribution in [2.24, 2.45) is 7.05 Å². The van der Waals surface area contributed by atoms with Crippen LogP contribution in [-0.2, 0) is 7.05 Å². The second kappa shape index (κ2) is 7.08. The molecule has 16 heavy (non-hydrogen) atoms. The van der Waals surface area contributed by atoms with Crippen molar-refractivity contribution < 1.29 is 0 Å². The van der Waals surface area contributed by atoms with E-state index in [1.54, 1.807) is 0 Å². The minimum Gasteiger partial charge on any atom is -0.309 e. The molecule has 1 heterocycles. The van der Waals surface area contributed by atoms with Gasteiger partial charge in [0.25, 0.3) is 0 Å². The molecule has 0 aliphatic rings. The Hall–Kier alpha value is -1.27. The maximum Gasteiger partial charge on any atom is 0.0550 e. The van der Waals surface area contributed by atoms with Gasteiger partial charge in [0.2, 0.25) is 0 Å². The molecule has 0 spiro atoms. The molecule has 0 aromatic carbocycles. The molecule has 88 valence electrons. The Bertz CT molecular complexity index is 357. The van der Waals surface area contributed by atoms with Crippen LogP contribution in [0.4, 0.5) is 0 Å². The summed E-state index contributed by atoms with van der Waals surface area (Å²) in [5.41, 5.74) is 1.24. The highest BCUT2D eigenvalue weighted by molar-refractivity contribution is 5.08. The first-order chi connectivity index (χ1) is 7.79. The minimum absolute atomic E-state index is 0.369. The van der Waals surface area contributed by atoms with Crippen molar-refractivity contribution in [1.82, 2.24) is 15.1 Å². The summed E-state index contributed by atoms with van der Waals surface area (Å²) in [6.45, 7) is 5.10. The third kappa shape index (κ3) is 3.71. The van der Waals surface area contributed by atoms with E-state index in [0.29, 0.717) is 6.04 Å². The first kappa shape index (κ1) is 12.8. The zero-order valence-corrected chi connectivity index (χ0v) is 10.5. The normalized spacial score (nSPS) is 11.9. The van der Waals surface area contributed by atoms with Crippen LogP contribution in [0.1, 0.15) is 44.8 Å². The van der Waals surface area contributed by atoms with E-state index in [-0.39, 0.29) is 0 Å². The summed E-state index contributed by atoms with van der Waals surface area (Å²) >= 11 is 0. The average molecular weight is 219 g/mol. The maximum atomic E-state index is 4.21. The summed E-state index contributed by atoms with van der Waals surface area (Å²) in [6, 6.07) is 2.44. The molecule has 1 aromatic heterocycles. The summed E-state index contributed by atoms with van der Waals surface area (Å²) in [5.74, 6) is 6.06. The molecular formula is C13H21N3. The summed E-state index contributed by atoms with van der Waals surface area (Å²) in [4.78, 5) is 0. The second-order valence-electron chi connectivity index (χ2n) is 3.85. The van der Waals surface area contributed by atoms with Gasteiger partial charge < -0.3 is 5.32 Å². The van der Waals surface area contributed by atoms with Crippen molar-refractivity contribution in [3.8, 4) is 11.8 Å². The maximum absolute atomic E-state index is 4.21. The van der Waals surface area contributed by atoms with Gasteiger partial charge in [-0.05, 0) is 32.4 Å². The van der Waals surface area contributed by atoms with Crippen LogP contribution in [0.15, 0.2) is 12.3 Å². The number of hydrogen-bond donors (Lipinski definition) is 1. The fourth-order valence-corrected chi connectivity index (χ4v) is 1.74. The number of aryl methyl sites for hydroxylation is 1. The number of aromatic nitrogens is 2. The highest BCUT2D eigenvalue weighted by atomic mass is 15.3. The molecule has 0 saturated heterocycles. The molecule has 1 rings (SSSR count). The molecule has 0 aliphatic heterocycles. The lowest BCUT2D eigenvalue weighted by Gasteiger charge is -2.17. The zero-order chi connectivity index (χ0) is 11.8. The van der Waals surface area contributed by atoms with E-state index in [1.807, 2.05) is 24.9 Å². The van der Waals surface area contributed by atoms with Gasteiger partial charge in [0.15, 0.2) is 0 Å². The van der Waals surface area contributed by atoms with Crippen molar-refractivity contribution in [2.45, 2.75) is 39.2 Å². The van der Waals surface area contributed by atoms with Crippen LogP contribution >= 0.6 is 0 Å². The molecular weight excluding hydrogens is 198 g/mol. The molecule has 1 unspecified atom stereocenters. The van der Waals surface area contributed by atoms with Crippen LogP contribution in [0.2, 0.25) is 0 Å². The van der Waals surface area contributed by atoms with Gasteiger partial charge in [-0.25, -0.2) is 0 Å². The topological polar surface area (TPSA) is 29.9 Å². The molecule has 3 heteroatoms. The van der Waals surface area contributed by atoms with Crippen molar-refractivity contribution in [3.05, 3.63) is 18.0 Å². The SMILES string of the molecule is CC#CCCC(NCCC)c1ccnn1C. The monoisotopic (exact) mass is 219 g/mol. The highest BCUT2D eigenvalue weighted by Crippen LogP contribution is 2.17. The van der Waals surface area contributed by atoms with Gasteiger partial charge in [-0.15, -0.1) is 11.8 Å². The standard InChI is InChI=1S/C13H21N3/c1-4-6-7-8-12(14-10-5-2)13-9-11-15-16(13)3/h9,11-12,14H,5,7-8,10H2,1-3H3. The Kier molecular flexibility index (Phi) is 5.66. The average Bonchev–Trinajstić information content (AvgIpc) is 2.70. The first-order valence-electron chi connectivity index (χ1n) is 5.90. The number of hydrogen-bond acceptors (Lipinski definition) is 2. The van der Waals surface area contributed by atoms with Crippen LogP contribution in [0.5, 0.6) is 0 Å². The van der Waals surface area contributed by atoms with E-state index in [0.717, 1.165) is 25.8 Å². The van der Waals surface area contributed by atoms with Gasteiger partial charge in [-0.3, -0.25) is 4.68 Å². The Labute approximate surface area is 98.2 Å². The fraction of sp³-hybridized carbons (Fsp3) is 0.615. The molecule has 0 aliphatic carbocycles. The summed E-state index contributed by atoms with van der Waals surface area (Å²) in [7, 11) is 1.99. The van der Waals surface area contributed by atoms with Crippen LogP contribution < -0.4 is 5.32 Å². The van der Waals surface area contributed by atoms with E-state index in [1.165, 1.54) is 5.69 Å². The molecule has 0 bridgehead atoms. The quantitative estimate of drug-likeness (QED) is 0.744. The van der Waals surface area contributed by atoms with Gasteiger partial charge in [0.1, 0.15) is 0 Å². The summed E-state index contributed by atoms with van der Waals surface area (Å²) < 4.78 is 1.94. The van der Waals surface area contributed by atoms with Crippen molar-refractivity contribution in [3.63, 3.8) is 0 Å². The Balaban J connectivity index is 2.62. The predicted molar refractivity (Wildman–Crippen MR) is 66.9 cm³/mol. The van der Waals surface area contributed by atoms with Crippen molar-refractivity contribution in [2.75, 3.05) is 6.54 Å². The molecule has 3 nitrogen and oxygen atoms in total. The highest BCUT2D eigenvalue weighted by Gasteiger charge is 2.12. The van der Waals surface area contributed by atoms with E-state index >= 15 is 0 Å². The molecule has 1 atom stereocenters. The van der Waals surface area contributed by atoms with Crippen molar-refractivity contribution in [1.29, 1.82) is 0 Å². The zero-order valence-electron chi connectivity index (χ0n) is 10.5. The van der Waals surface area contributed by atoms with Crippen molar-refractivity contribution >= 4 is 0 Å². The smallest absolute Gasteiger partial charge is 0.0550 e. The van der Waals surface area contributed by atoms with Crippen LogP contribution in [0, 0.1) is 11.8 Å². The summed E-state index contributed by atoms with van der Waals surface area (Å²) in [6.07, 6.45) is 4.97. The summed E-state index contributed by atoms with van der Waals surface area (Å²) in [5, 5.41) is 7.76. The van der Waals surface area contributed by atoms with Gasteiger partial charge in [0, 0.05) is 19.7 Å². The van der Waals surface area contributed by atoms with Crippen LogP contribution in [-0.4, -0.2) is 16.3 Å². The van der Waals surface area contributed by atoms with E-state index in [2.05, 4.69) is 35.2 Å². The molecule has 1 aromatic rings. The lowest BCUT2D eigenvalue weighted by molar-refractivity contribution is 0.473. The van der Waals surface area contributed by atoms with Crippen LogP contribution in [0.25, 0.3) is 0 Å². The van der Waals surface area contributed by atoms with Gasteiger partial charge in [-0.1, -0.05) is 6.92 Å². The third-order valence-electron chi connectivity index (χ3n) is 2.59. The number of rotatable bonds is 6. The van der Waals surface area contributed by atoms with Gasteiger partial charge in [0.05, 0.1) is 11.7 Å². The van der Waals surface area contributed by atoms with E-state index in [4.69, 9.17) is 0 Å². The second-order valence-corrected chi connectivity index (χ2v) is 3.85. The number of nitrogens with zero attached hydrogens (tertiary/aromatic N) is 2.